The quantitative estimate of drug-likeness (QED) is 0.179. The van der Waals surface area contributed by atoms with Gasteiger partial charge in [-0.05, 0) is 132 Å². The lowest BCUT2D eigenvalue weighted by atomic mass is 9.58. The number of benzene rings is 8. The van der Waals surface area contributed by atoms with Gasteiger partial charge in [0, 0.05) is 66.6 Å². The van der Waals surface area contributed by atoms with E-state index in [0.29, 0.717) is 0 Å². The molecule has 0 saturated carbocycles. The summed E-state index contributed by atoms with van der Waals surface area (Å²) in [5, 5.41) is 8.87. The summed E-state index contributed by atoms with van der Waals surface area (Å²) in [5.74, 6) is 0. The van der Waals surface area contributed by atoms with Crippen molar-refractivity contribution in [2.24, 2.45) is 0 Å². The van der Waals surface area contributed by atoms with Crippen molar-refractivity contribution in [1.82, 2.24) is 4.57 Å². The minimum absolute atomic E-state index is 0.0466. The van der Waals surface area contributed by atoms with Gasteiger partial charge in [-0.25, -0.2) is 0 Å². The first-order chi connectivity index (χ1) is 31.9. The lowest BCUT2D eigenvalue weighted by Gasteiger charge is -2.28. The van der Waals surface area contributed by atoms with Crippen LogP contribution in [-0.2, 0) is 21.7 Å². The number of furan rings is 1. The van der Waals surface area contributed by atoms with Gasteiger partial charge in [-0.15, -0.1) is 0 Å². The molecule has 3 heterocycles. The van der Waals surface area contributed by atoms with Crippen LogP contribution in [0.5, 0.6) is 0 Å². The first kappa shape index (κ1) is 40.5. The van der Waals surface area contributed by atoms with Gasteiger partial charge in [0.2, 0.25) is 0 Å². The Kier molecular flexibility index (Phi) is 7.99. The average Bonchev–Trinajstić information content (AvgIpc) is 3.96. The van der Waals surface area contributed by atoms with Gasteiger partial charge in [0.25, 0.3) is 0 Å². The van der Waals surface area contributed by atoms with E-state index in [4.69, 9.17) is 4.42 Å². The highest BCUT2D eigenvalue weighted by molar-refractivity contribution is 6.73. The normalized spacial score (nSPS) is 15.1. The number of hydrogen-bond donors (Lipinski definition) is 1. The molecule has 3 aliphatic rings. The molecule has 0 saturated heterocycles. The fourth-order valence-electron chi connectivity index (χ4n) is 12.3. The Labute approximate surface area is 395 Å². The van der Waals surface area contributed by atoms with Crippen LogP contribution in [0.2, 0.25) is 0 Å². The lowest BCUT2D eigenvalue weighted by molar-refractivity contribution is 0.584. The molecule has 10 aromatic rings. The van der Waals surface area contributed by atoms with E-state index in [1.807, 2.05) is 0 Å². The van der Waals surface area contributed by atoms with E-state index in [9.17, 15) is 0 Å². The fraction of sp³-hybridized carbons (Fsp3) is 0.238. The SMILES string of the molecule is Cc1cc(-c2cc3c(cc2Nc2ccc(C(C)(C)C)cc2)-c2ccc(C(C)(C)C)cc2C3(C)C)c2c3c1c1cc4c(cc1n3-c1cc3c(cc1[B]2)C(C)(C)c1ccccc1-3)oc1ccccc14. The summed E-state index contributed by atoms with van der Waals surface area (Å²) in [6.45, 7) is 25.7. The Hall–Kier alpha value is -6.78. The van der Waals surface area contributed by atoms with Crippen LogP contribution in [0.1, 0.15) is 108 Å². The van der Waals surface area contributed by atoms with Crippen molar-refractivity contribution in [3.8, 4) is 39.1 Å². The first-order valence-electron chi connectivity index (χ1n) is 24.2. The number of hydrogen-bond acceptors (Lipinski definition) is 2. The zero-order valence-electron chi connectivity index (χ0n) is 40.6. The molecule has 0 bridgehead atoms. The number of nitrogens with one attached hydrogen (secondary N) is 1. The van der Waals surface area contributed by atoms with Crippen LogP contribution in [0.3, 0.4) is 0 Å². The summed E-state index contributed by atoms with van der Waals surface area (Å²) < 4.78 is 9.22. The molecule has 0 unspecified atom stereocenters. The number of rotatable bonds is 3. The Bertz CT molecular complexity index is 3820. The van der Waals surface area contributed by atoms with Gasteiger partial charge in [0.15, 0.2) is 7.28 Å². The van der Waals surface area contributed by atoms with Crippen molar-refractivity contribution < 1.29 is 4.42 Å². The third-order valence-electron chi connectivity index (χ3n) is 16.0. The largest absolute Gasteiger partial charge is 0.456 e. The maximum Gasteiger partial charge on any atom is 0.197 e. The molecule has 2 aromatic heterocycles. The maximum atomic E-state index is 6.65. The Morgan fingerprint density at radius 1 is 0.522 bits per heavy atom. The van der Waals surface area contributed by atoms with Gasteiger partial charge in [-0.2, -0.15) is 0 Å². The molecule has 1 aliphatic heterocycles. The van der Waals surface area contributed by atoms with Gasteiger partial charge >= 0.3 is 0 Å². The van der Waals surface area contributed by atoms with Gasteiger partial charge in [0.1, 0.15) is 11.2 Å². The fourth-order valence-corrected chi connectivity index (χ4v) is 12.3. The summed E-state index contributed by atoms with van der Waals surface area (Å²) >= 11 is 0. The summed E-state index contributed by atoms with van der Waals surface area (Å²) in [6, 6.07) is 50.9. The smallest absolute Gasteiger partial charge is 0.197 e. The molecule has 0 fully saturated rings. The van der Waals surface area contributed by atoms with Crippen molar-refractivity contribution >= 4 is 73.3 Å². The molecule has 1 radical (unpaired) electrons. The predicted molar refractivity (Wildman–Crippen MR) is 286 cm³/mol. The van der Waals surface area contributed by atoms with Crippen LogP contribution in [0.25, 0.3) is 82.8 Å². The third-order valence-corrected chi connectivity index (χ3v) is 16.0. The standard InChI is InChI=1S/C63H56BN2O/c1-34-26-45(43-29-49-41(30-52(43)65-37-23-20-35(21-24-37)60(2,3)4)39-25-22-36(61(5,6)7)27-48(39)63(49,10)11)58-59-57(34)46-28-44-40-17-13-15-19-55(40)67-56(44)33-53(46)66(59)54-31-42-38-16-12-14-18-47(38)62(8,9)50(42)32-51(54)64-58/h12-33,65H,1-11H3. The van der Waals surface area contributed by atoms with E-state index < -0.39 is 0 Å². The van der Waals surface area contributed by atoms with E-state index >= 15 is 0 Å². The average molecular weight is 868 g/mol. The topological polar surface area (TPSA) is 30.1 Å². The van der Waals surface area contributed by atoms with Crippen LogP contribution >= 0.6 is 0 Å². The monoisotopic (exact) mass is 867 g/mol. The molecular formula is C63H56BN2O. The first-order valence-corrected chi connectivity index (χ1v) is 24.2. The van der Waals surface area contributed by atoms with Gasteiger partial charge in [-0.3, -0.25) is 0 Å². The number of aromatic nitrogens is 1. The van der Waals surface area contributed by atoms with Crippen molar-refractivity contribution in [2.75, 3.05) is 5.32 Å². The minimum atomic E-state index is -0.201. The molecule has 67 heavy (non-hydrogen) atoms. The molecule has 0 amide bonds. The maximum absolute atomic E-state index is 6.65. The van der Waals surface area contributed by atoms with E-state index in [0.717, 1.165) is 33.3 Å². The Morgan fingerprint density at radius 2 is 1.18 bits per heavy atom. The highest BCUT2D eigenvalue weighted by Gasteiger charge is 2.40. The second-order valence-corrected chi connectivity index (χ2v) is 23.0. The molecular weight excluding hydrogens is 812 g/mol. The van der Waals surface area contributed by atoms with Gasteiger partial charge in [-0.1, -0.05) is 160 Å². The van der Waals surface area contributed by atoms with Crippen molar-refractivity contribution in [3.05, 3.63) is 172 Å². The summed E-state index contributed by atoms with van der Waals surface area (Å²) in [7, 11) is 2.51. The molecule has 2 aliphatic carbocycles. The summed E-state index contributed by atoms with van der Waals surface area (Å²) in [6.07, 6.45) is 0. The van der Waals surface area contributed by atoms with Gasteiger partial charge < -0.3 is 14.3 Å². The van der Waals surface area contributed by atoms with Gasteiger partial charge in [0.05, 0.1) is 5.52 Å². The summed E-state index contributed by atoms with van der Waals surface area (Å²) in [4.78, 5) is 0. The van der Waals surface area contributed by atoms with E-state index in [1.54, 1.807) is 0 Å². The number of aryl methyl sites for hydroxylation is 1. The molecule has 0 atom stereocenters. The number of nitrogens with zero attached hydrogens (tertiary/aromatic N) is 1. The number of para-hydroxylation sites is 1. The van der Waals surface area contributed by atoms with Crippen molar-refractivity contribution in [3.63, 3.8) is 0 Å². The molecule has 327 valence electrons. The molecule has 4 heteroatoms. The molecule has 1 N–H and O–H groups in total. The second kappa shape index (κ2) is 13.2. The molecule has 8 aromatic carbocycles. The molecule has 13 rings (SSSR count). The number of anilines is 2. The van der Waals surface area contributed by atoms with E-state index in [-0.39, 0.29) is 21.7 Å². The van der Waals surface area contributed by atoms with Crippen molar-refractivity contribution in [1.29, 1.82) is 0 Å². The summed E-state index contributed by atoms with van der Waals surface area (Å²) in [5.41, 5.74) is 27.1. The van der Waals surface area contributed by atoms with Crippen molar-refractivity contribution in [2.45, 2.75) is 97.8 Å². The number of fused-ring (bicyclic) bond motifs is 14. The predicted octanol–water partition coefficient (Wildman–Crippen LogP) is 15.6. The van der Waals surface area contributed by atoms with Crippen LogP contribution in [0, 0.1) is 6.92 Å². The third kappa shape index (κ3) is 5.59. The minimum Gasteiger partial charge on any atom is -0.456 e. The highest BCUT2D eigenvalue weighted by Crippen LogP contribution is 2.54. The zero-order valence-corrected chi connectivity index (χ0v) is 40.6. The van der Waals surface area contributed by atoms with Crippen LogP contribution in [0.4, 0.5) is 11.4 Å². The Morgan fingerprint density at radius 3 is 1.96 bits per heavy atom. The van der Waals surface area contributed by atoms with E-state index in [2.05, 4.69) is 227 Å². The second-order valence-electron chi connectivity index (χ2n) is 23.0. The Balaban J connectivity index is 1.11. The van der Waals surface area contributed by atoms with Crippen LogP contribution in [0.15, 0.2) is 138 Å². The van der Waals surface area contributed by atoms with E-state index in [1.165, 1.54) is 111 Å². The molecule has 0 spiro atoms. The molecule has 3 nitrogen and oxygen atoms in total. The zero-order chi connectivity index (χ0) is 46.3. The van der Waals surface area contributed by atoms with Crippen LogP contribution < -0.4 is 16.2 Å². The highest BCUT2D eigenvalue weighted by atomic mass is 16.3. The lowest BCUT2D eigenvalue weighted by Crippen LogP contribution is -2.38. The van der Waals surface area contributed by atoms with Crippen LogP contribution in [-0.4, -0.2) is 11.8 Å².